The van der Waals surface area contributed by atoms with Gasteiger partial charge in [-0.2, -0.15) is 0 Å². The second-order valence-electron chi connectivity index (χ2n) is 3.99. The monoisotopic (exact) mass is 452 g/mol. The van der Waals surface area contributed by atoms with Crippen LogP contribution >= 0.6 is 0 Å². The van der Waals surface area contributed by atoms with Crippen molar-refractivity contribution in [3.63, 3.8) is 0 Å². The molecular formula is C12H10N4ORa. The molecule has 2 heterocycles. The van der Waals surface area contributed by atoms with Gasteiger partial charge in [0.25, 0.3) is 0 Å². The first-order valence-electron chi connectivity index (χ1n) is 5.65. The van der Waals surface area contributed by atoms with Gasteiger partial charge in [0, 0.05) is 0 Å². The Morgan fingerprint density at radius 2 is 2.06 bits per heavy atom. The molecule has 0 aliphatic heterocycles. The molecule has 0 saturated carbocycles. The Kier molecular flexibility index (Phi) is 3.33. The van der Waals surface area contributed by atoms with Crippen LogP contribution in [0, 0.1) is 50.1 Å². The van der Waals surface area contributed by atoms with Crippen LogP contribution in [0.4, 0.5) is 5.82 Å². The first kappa shape index (κ1) is 12.1. The first-order valence-corrected chi connectivity index (χ1v) is 9.76. The van der Waals surface area contributed by atoms with Crippen LogP contribution in [0.1, 0.15) is 5.89 Å². The number of nitrogens with one attached hydrogen (secondary N) is 1. The number of hydrogen-bond donors (Lipinski definition) is 1. The van der Waals surface area contributed by atoms with Crippen molar-refractivity contribution < 1.29 is 47.7 Å². The molecular weight excluding hydrogens is 442 g/mol. The van der Waals surface area contributed by atoms with Crippen LogP contribution in [0.2, 0.25) is 0 Å². The Bertz CT molecular complexity index is 710. The molecule has 1 N–H and O–H groups in total. The summed E-state index contributed by atoms with van der Waals surface area (Å²) in [5, 5.41) is 4.99. The van der Waals surface area contributed by atoms with Crippen molar-refractivity contribution in [2.24, 2.45) is 0 Å². The Labute approximate surface area is 134 Å². The number of aryl methyl sites for hydroxylation is 1. The summed E-state index contributed by atoms with van der Waals surface area (Å²) in [4.78, 5) is 8.74. The Balaban J connectivity index is 2.11. The number of fused-ring (bicyclic) bond motifs is 1. The molecule has 3 rings (SSSR count). The second-order valence-corrected chi connectivity index (χ2v) is 6.05. The van der Waals surface area contributed by atoms with Crippen molar-refractivity contribution in [3.05, 3.63) is 36.2 Å². The zero-order valence-electron chi connectivity index (χ0n) is 10.1. The first-order chi connectivity index (χ1) is 8.76. The van der Waals surface area contributed by atoms with Crippen LogP contribution in [0.25, 0.3) is 22.3 Å². The van der Waals surface area contributed by atoms with Gasteiger partial charge in [-0.05, 0) is 0 Å². The molecule has 0 fully saturated rings. The van der Waals surface area contributed by atoms with E-state index in [2.05, 4.69) is 22.0 Å². The maximum atomic E-state index is 4.99. The van der Waals surface area contributed by atoms with Crippen molar-refractivity contribution in [2.45, 2.75) is 6.92 Å². The number of nitrogens with zero attached hydrogens (tertiary/aromatic N) is 3. The molecule has 0 unspecified atom stereocenters. The third-order valence-corrected chi connectivity index (χ3v) is 4.84. The van der Waals surface area contributed by atoms with Gasteiger partial charge in [0.1, 0.15) is 0 Å². The van der Waals surface area contributed by atoms with Crippen LogP contribution in [0.3, 0.4) is 0 Å². The number of hydrogen-bond acceptors (Lipinski definition) is 5. The number of aromatic nitrogens is 3. The minimum absolute atomic E-state index is 0.259. The third-order valence-electron chi connectivity index (χ3n) is 2.73. The van der Waals surface area contributed by atoms with Crippen molar-refractivity contribution in [1.82, 2.24) is 15.1 Å². The predicted molar refractivity (Wildman–Crippen MR) is 64.8 cm³/mol. The van der Waals surface area contributed by atoms with E-state index in [1.165, 1.54) is 0 Å². The molecule has 0 spiro atoms. The van der Waals surface area contributed by atoms with E-state index in [4.69, 9.17) is 4.52 Å². The number of rotatable bonds is 2. The van der Waals surface area contributed by atoms with Crippen molar-refractivity contribution in [2.75, 3.05) is 0.848 Å². The fraction of sp³-hybridized carbons (Fsp3) is 0.0833. The van der Waals surface area contributed by atoms with Crippen molar-refractivity contribution in [3.8, 4) is 11.4 Å². The molecule has 0 atom stereocenters. The quantitative estimate of drug-likeness (QED) is 0.646. The molecule has 1 aromatic carbocycles. The number of anilines is 1. The minimum atomic E-state index is 0.259. The van der Waals surface area contributed by atoms with Gasteiger partial charge in [-0.25, -0.2) is 0 Å². The molecule has 0 saturated heterocycles. The molecule has 0 bridgehead atoms. The summed E-state index contributed by atoms with van der Waals surface area (Å²) in [6.45, 7) is 1.78. The summed E-state index contributed by atoms with van der Waals surface area (Å²) in [5.41, 5.74) is 1.92. The normalized spacial score (nSPS) is 10.7. The summed E-state index contributed by atoms with van der Waals surface area (Å²) in [5.74, 6) is 2.14. The molecule has 18 heavy (non-hydrogen) atoms. The fourth-order valence-corrected chi connectivity index (χ4v) is 2.96. The second kappa shape index (κ2) is 4.96. The third kappa shape index (κ3) is 2.28. The molecule has 86 valence electrons. The van der Waals surface area contributed by atoms with E-state index in [-0.39, 0.29) is 43.2 Å². The topological polar surface area (TPSA) is 63.8 Å². The molecule has 0 radical (unpaired) electrons. The van der Waals surface area contributed by atoms with E-state index in [9.17, 15) is 0 Å². The van der Waals surface area contributed by atoms with Crippen LogP contribution in [0.15, 0.2) is 34.9 Å². The van der Waals surface area contributed by atoms with Gasteiger partial charge >= 0.3 is 135 Å². The molecule has 0 aliphatic rings. The van der Waals surface area contributed by atoms with E-state index >= 15 is 0 Å². The Morgan fingerprint density at radius 1 is 1.17 bits per heavy atom. The van der Waals surface area contributed by atoms with Gasteiger partial charge in [0.05, 0.1) is 0 Å². The van der Waals surface area contributed by atoms with Gasteiger partial charge in [-0.15, -0.1) is 0 Å². The van der Waals surface area contributed by atoms with Gasteiger partial charge in [-0.1, -0.05) is 0 Å². The van der Waals surface area contributed by atoms with E-state index in [0.29, 0.717) is 11.7 Å². The Hall–Kier alpha value is -0.962. The maximum absolute atomic E-state index is 4.99. The zero-order valence-corrected chi connectivity index (χ0v) is 18.4. The average Bonchev–Trinajstić information content (AvgIpc) is 2.84. The standard InChI is InChI=1S/C12H9N4O.Ra.H/c1-7-14-12(16-17-7)9-2-4-10-8(6-9)3-5-11(13)15-10;;/h2-6H,1H3,(H-,13,15);;/q-1;+1;. The summed E-state index contributed by atoms with van der Waals surface area (Å²) in [6.07, 6.45) is 0. The van der Waals surface area contributed by atoms with Gasteiger partial charge in [-0.3, -0.25) is 0 Å². The molecule has 0 aliphatic carbocycles. The van der Waals surface area contributed by atoms with Crippen LogP contribution in [-0.2, 0) is 0 Å². The van der Waals surface area contributed by atoms with Crippen LogP contribution in [0.5, 0.6) is 0 Å². The molecule has 3 aromatic rings. The Morgan fingerprint density at radius 3 is 2.78 bits per heavy atom. The summed E-state index contributed by atoms with van der Waals surface area (Å²) in [6, 6.07) is 10.0. The van der Waals surface area contributed by atoms with E-state index in [1.54, 1.807) is 6.92 Å². The summed E-state index contributed by atoms with van der Waals surface area (Å²) < 4.78 is 8.24. The van der Waals surface area contributed by atoms with Gasteiger partial charge in [0.2, 0.25) is 0 Å². The average molecular weight is 452 g/mol. The molecule has 2 aromatic heterocycles. The van der Waals surface area contributed by atoms with E-state index in [1.807, 2.05) is 24.3 Å². The molecule has 5 nitrogen and oxygen atoms in total. The SMILES string of the molecule is Cc1nc(-c2ccc3nc([NH][RaH])ccc3c2)no1. The van der Waals surface area contributed by atoms with Gasteiger partial charge in [0.15, 0.2) is 0 Å². The zero-order chi connectivity index (χ0) is 12.5. The molecule has 6 heteroatoms. The van der Waals surface area contributed by atoms with Crippen molar-refractivity contribution in [1.29, 1.82) is 0 Å². The predicted octanol–water partition coefficient (Wildman–Crippen LogP) is 2.20. The summed E-state index contributed by atoms with van der Waals surface area (Å²) in [7, 11) is 0. The number of benzene rings is 1. The number of pyridine rings is 1. The summed E-state index contributed by atoms with van der Waals surface area (Å²) >= 11 is 0.259. The van der Waals surface area contributed by atoms with E-state index < -0.39 is 0 Å². The fourth-order valence-electron chi connectivity index (χ4n) is 1.82. The van der Waals surface area contributed by atoms with Gasteiger partial charge < -0.3 is 0 Å². The molecule has 0 amide bonds. The van der Waals surface area contributed by atoms with Crippen molar-refractivity contribution >= 4 is 16.7 Å². The van der Waals surface area contributed by atoms with E-state index in [0.717, 1.165) is 22.3 Å². The van der Waals surface area contributed by atoms with Crippen LogP contribution in [-0.4, -0.2) is 15.1 Å². The van der Waals surface area contributed by atoms with Crippen LogP contribution < -0.4 is 0.848 Å².